The van der Waals surface area contributed by atoms with Gasteiger partial charge in [-0.1, -0.05) is 11.6 Å². The molecule has 1 aliphatic heterocycles. The lowest BCUT2D eigenvalue weighted by Crippen LogP contribution is -2.31. The molecule has 1 unspecified atom stereocenters. The number of hydrogen-bond acceptors (Lipinski definition) is 4. The summed E-state index contributed by atoms with van der Waals surface area (Å²) in [5.41, 5.74) is 3.17. The first-order valence-corrected chi connectivity index (χ1v) is 8.64. The SMILES string of the molecule is Cc1ccc2c(c1)c1cc([N+](=O)[O-])ccc1n2C1CCCNC[C@H]1O. The molecule has 0 amide bonds. The number of β-amino-alcohol motifs (C(OH)–C–C–N with tert-alkyl or cyclic N) is 1. The van der Waals surface area contributed by atoms with E-state index in [0.29, 0.717) is 6.54 Å². The highest BCUT2D eigenvalue weighted by Crippen LogP contribution is 2.37. The molecule has 130 valence electrons. The van der Waals surface area contributed by atoms with Gasteiger partial charge in [0.2, 0.25) is 0 Å². The number of aliphatic hydroxyl groups is 1. The van der Waals surface area contributed by atoms with Crippen LogP contribution in [0.5, 0.6) is 0 Å². The van der Waals surface area contributed by atoms with Gasteiger partial charge in [0, 0.05) is 40.5 Å². The van der Waals surface area contributed by atoms with Crippen molar-refractivity contribution in [3.8, 4) is 0 Å². The van der Waals surface area contributed by atoms with Crippen LogP contribution in [0.25, 0.3) is 21.8 Å². The number of nitrogens with zero attached hydrogens (tertiary/aromatic N) is 2. The second-order valence-corrected chi connectivity index (χ2v) is 6.83. The molecule has 0 radical (unpaired) electrons. The van der Waals surface area contributed by atoms with E-state index in [1.54, 1.807) is 12.1 Å². The number of non-ortho nitro benzene ring substituents is 1. The molecule has 6 heteroatoms. The number of benzene rings is 2. The van der Waals surface area contributed by atoms with Gasteiger partial charge in [0.05, 0.1) is 17.1 Å². The average molecular weight is 339 g/mol. The normalized spacial score (nSPS) is 21.5. The van der Waals surface area contributed by atoms with Crippen LogP contribution in [-0.2, 0) is 0 Å². The Hall–Kier alpha value is -2.44. The summed E-state index contributed by atoms with van der Waals surface area (Å²) in [6.07, 6.45) is 1.37. The second-order valence-electron chi connectivity index (χ2n) is 6.83. The molecule has 25 heavy (non-hydrogen) atoms. The minimum absolute atomic E-state index is 0.0424. The zero-order valence-corrected chi connectivity index (χ0v) is 14.1. The van der Waals surface area contributed by atoms with Crippen LogP contribution in [0.4, 0.5) is 5.69 Å². The third-order valence-electron chi connectivity index (χ3n) is 5.13. The summed E-state index contributed by atoms with van der Waals surface area (Å²) in [7, 11) is 0. The fourth-order valence-electron chi connectivity index (χ4n) is 3.94. The van der Waals surface area contributed by atoms with Crippen LogP contribution in [0.3, 0.4) is 0 Å². The summed E-state index contributed by atoms with van der Waals surface area (Å²) >= 11 is 0. The van der Waals surface area contributed by atoms with E-state index in [1.807, 2.05) is 19.1 Å². The Morgan fingerprint density at radius 1 is 1.20 bits per heavy atom. The molecule has 0 bridgehead atoms. The molecule has 0 saturated carbocycles. The Morgan fingerprint density at radius 2 is 1.92 bits per heavy atom. The van der Waals surface area contributed by atoms with E-state index in [-0.39, 0.29) is 16.7 Å². The maximum atomic E-state index is 11.2. The Labute approximate surface area is 145 Å². The standard InChI is InChI=1S/C19H21N3O3/c1-12-4-6-16-14(9-12)15-10-13(22(24)25)5-7-17(15)21(16)18-3-2-8-20-11-19(18)23/h4-7,9-10,18-20,23H,2-3,8,11H2,1H3/t18?,19-/m1/s1. The van der Waals surface area contributed by atoms with Crippen LogP contribution < -0.4 is 5.32 Å². The van der Waals surface area contributed by atoms with Crippen molar-refractivity contribution in [3.05, 3.63) is 52.1 Å². The van der Waals surface area contributed by atoms with E-state index in [4.69, 9.17) is 0 Å². The highest BCUT2D eigenvalue weighted by molar-refractivity contribution is 6.09. The third kappa shape index (κ3) is 2.67. The fraction of sp³-hybridized carbons (Fsp3) is 0.368. The zero-order chi connectivity index (χ0) is 17.6. The lowest BCUT2D eigenvalue weighted by atomic mass is 10.1. The molecule has 2 N–H and O–H groups in total. The highest BCUT2D eigenvalue weighted by Gasteiger charge is 2.27. The zero-order valence-electron chi connectivity index (χ0n) is 14.1. The van der Waals surface area contributed by atoms with Crippen LogP contribution in [0.2, 0.25) is 0 Å². The summed E-state index contributed by atoms with van der Waals surface area (Å²) in [6.45, 7) is 3.48. The number of aryl methyl sites for hydroxylation is 1. The molecule has 3 aromatic rings. The van der Waals surface area contributed by atoms with Crippen LogP contribution in [-0.4, -0.2) is 33.8 Å². The van der Waals surface area contributed by atoms with E-state index in [9.17, 15) is 15.2 Å². The number of aromatic nitrogens is 1. The Bertz CT molecular complexity index is 963. The fourth-order valence-corrected chi connectivity index (χ4v) is 3.94. The van der Waals surface area contributed by atoms with E-state index < -0.39 is 6.10 Å². The van der Waals surface area contributed by atoms with Crippen molar-refractivity contribution in [1.29, 1.82) is 0 Å². The predicted molar refractivity (Wildman–Crippen MR) is 98.0 cm³/mol. The smallest absolute Gasteiger partial charge is 0.270 e. The average Bonchev–Trinajstić information content (AvgIpc) is 2.74. The monoisotopic (exact) mass is 339 g/mol. The summed E-state index contributed by atoms with van der Waals surface area (Å²) in [4.78, 5) is 10.8. The van der Waals surface area contributed by atoms with Gasteiger partial charge in [0.25, 0.3) is 5.69 Å². The van der Waals surface area contributed by atoms with Crippen LogP contribution in [0, 0.1) is 17.0 Å². The summed E-state index contributed by atoms with van der Waals surface area (Å²) in [6, 6.07) is 11.1. The first-order valence-electron chi connectivity index (χ1n) is 8.64. The summed E-state index contributed by atoms with van der Waals surface area (Å²) in [5.74, 6) is 0. The molecule has 2 heterocycles. The van der Waals surface area contributed by atoms with Crippen molar-refractivity contribution in [2.75, 3.05) is 13.1 Å². The van der Waals surface area contributed by atoms with Gasteiger partial charge in [-0.2, -0.15) is 0 Å². The molecule has 2 atom stereocenters. The topological polar surface area (TPSA) is 80.3 Å². The first-order chi connectivity index (χ1) is 12.1. The van der Waals surface area contributed by atoms with Gasteiger partial charge in [-0.15, -0.1) is 0 Å². The number of aliphatic hydroxyl groups excluding tert-OH is 1. The van der Waals surface area contributed by atoms with Crippen molar-refractivity contribution in [3.63, 3.8) is 0 Å². The molecule has 1 aromatic heterocycles. The van der Waals surface area contributed by atoms with Gasteiger partial charge in [-0.25, -0.2) is 0 Å². The van der Waals surface area contributed by atoms with Crippen LogP contribution in [0.15, 0.2) is 36.4 Å². The van der Waals surface area contributed by atoms with Gasteiger partial charge >= 0.3 is 0 Å². The molecule has 0 aliphatic carbocycles. The third-order valence-corrected chi connectivity index (χ3v) is 5.13. The number of nitrogens with one attached hydrogen (secondary N) is 1. The molecule has 0 spiro atoms. The molecular weight excluding hydrogens is 318 g/mol. The molecule has 4 rings (SSSR count). The van der Waals surface area contributed by atoms with Gasteiger partial charge < -0.3 is 15.0 Å². The molecule has 1 saturated heterocycles. The van der Waals surface area contributed by atoms with Gasteiger partial charge in [0.1, 0.15) is 0 Å². The van der Waals surface area contributed by atoms with Crippen molar-refractivity contribution >= 4 is 27.5 Å². The van der Waals surface area contributed by atoms with Crippen LogP contribution in [0.1, 0.15) is 24.4 Å². The van der Waals surface area contributed by atoms with Crippen molar-refractivity contribution < 1.29 is 10.0 Å². The summed E-state index contributed by atoms with van der Waals surface area (Å²) < 4.78 is 2.17. The van der Waals surface area contributed by atoms with Gasteiger partial charge in [0.15, 0.2) is 0 Å². The van der Waals surface area contributed by atoms with Crippen molar-refractivity contribution in [1.82, 2.24) is 9.88 Å². The number of nitro groups is 1. The number of fused-ring (bicyclic) bond motifs is 3. The maximum absolute atomic E-state index is 11.2. The lowest BCUT2D eigenvalue weighted by molar-refractivity contribution is -0.384. The highest BCUT2D eigenvalue weighted by atomic mass is 16.6. The van der Waals surface area contributed by atoms with Gasteiger partial charge in [-0.3, -0.25) is 10.1 Å². The second kappa shape index (κ2) is 6.13. The van der Waals surface area contributed by atoms with Crippen molar-refractivity contribution in [2.45, 2.75) is 31.9 Å². The summed E-state index contributed by atoms with van der Waals surface area (Å²) in [5, 5.41) is 27.0. The van der Waals surface area contributed by atoms with Crippen molar-refractivity contribution in [2.24, 2.45) is 0 Å². The lowest BCUT2D eigenvalue weighted by Gasteiger charge is -2.24. The van der Waals surface area contributed by atoms with E-state index in [2.05, 4.69) is 22.0 Å². The molecular formula is C19H21N3O3. The molecule has 1 aliphatic rings. The first kappa shape index (κ1) is 16.1. The molecule has 6 nitrogen and oxygen atoms in total. The van der Waals surface area contributed by atoms with E-state index in [0.717, 1.165) is 46.8 Å². The number of rotatable bonds is 2. The van der Waals surface area contributed by atoms with E-state index >= 15 is 0 Å². The minimum Gasteiger partial charge on any atom is -0.390 e. The number of hydrogen-bond donors (Lipinski definition) is 2. The molecule has 1 fully saturated rings. The largest absolute Gasteiger partial charge is 0.390 e. The Balaban J connectivity index is 2.02. The van der Waals surface area contributed by atoms with Crippen LogP contribution >= 0.6 is 0 Å². The quantitative estimate of drug-likeness (QED) is 0.554. The Morgan fingerprint density at radius 3 is 2.68 bits per heavy atom. The van der Waals surface area contributed by atoms with E-state index in [1.165, 1.54) is 0 Å². The minimum atomic E-state index is -0.488. The van der Waals surface area contributed by atoms with Gasteiger partial charge in [-0.05, 0) is 44.5 Å². The predicted octanol–water partition coefficient (Wildman–Crippen LogP) is 3.30. The molecule has 2 aromatic carbocycles. The maximum Gasteiger partial charge on any atom is 0.270 e. The Kier molecular flexibility index (Phi) is 3.94. The number of nitro benzene ring substituents is 1.